The minimum atomic E-state index is -1.13. The average molecular weight is 287 g/mol. The number of hydrogen-bond acceptors (Lipinski definition) is 2. The fourth-order valence-electron chi connectivity index (χ4n) is 2.27. The van der Waals surface area contributed by atoms with Crippen LogP contribution in [0.1, 0.15) is 42.5 Å². The van der Waals surface area contributed by atoms with Crippen molar-refractivity contribution < 1.29 is 14.1 Å². The van der Waals surface area contributed by atoms with Crippen LogP contribution in [-0.4, -0.2) is 20.5 Å². The molecule has 1 fully saturated rings. The van der Waals surface area contributed by atoms with Gasteiger partial charge in [-0.2, -0.15) is 0 Å². The lowest BCUT2D eigenvalue weighted by molar-refractivity contribution is 0.0697. The molecular weight excluding hydrogens is 272 g/mol. The van der Waals surface area contributed by atoms with Crippen LogP contribution in [0.25, 0.3) is 0 Å². The Labute approximate surface area is 114 Å². The Kier molecular flexibility index (Phi) is 4.40. The molecule has 3 nitrogen and oxygen atoms in total. The maximum Gasteiger partial charge on any atom is 0.337 e. The van der Waals surface area contributed by atoms with Gasteiger partial charge in [-0.05, 0) is 31.0 Å². The maximum absolute atomic E-state index is 12.4. The Morgan fingerprint density at radius 3 is 2.56 bits per heavy atom. The molecule has 1 aromatic rings. The van der Waals surface area contributed by atoms with E-state index in [1.54, 1.807) is 6.07 Å². The first-order chi connectivity index (χ1) is 8.59. The zero-order chi connectivity index (χ0) is 13.1. The number of hydrogen-bond donors (Lipinski definition) is 1. The van der Waals surface area contributed by atoms with E-state index in [2.05, 4.69) is 0 Å². The molecule has 0 saturated heterocycles. The van der Waals surface area contributed by atoms with Gasteiger partial charge in [-0.3, -0.25) is 4.21 Å². The van der Waals surface area contributed by atoms with Crippen molar-refractivity contribution in [1.29, 1.82) is 0 Å². The van der Waals surface area contributed by atoms with Gasteiger partial charge in [0.2, 0.25) is 0 Å². The summed E-state index contributed by atoms with van der Waals surface area (Å²) in [5, 5.41) is 9.34. The number of benzene rings is 1. The Balaban J connectivity index is 2.24. The molecule has 1 saturated carbocycles. The van der Waals surface area contributed by atoms with Crippen molar-refractivity contribution in [3.63, 3.8) is 0 Å². The first-order valence-corrected chi connectivity index (χ1v) is 7.62. The van der Waals surface area contributed by atoms with Crippen molar-refractivity contribution in [3.8, 4) is 0 Å². The van der Waals surface area contributed by atoms with E-state index in [4.69, 9.17) is 16.7 Å². The van der Waals surface area contributed by atoms with Gasteiger partial charge in [-0.15, -0.1) is 0 Å². The molecule has 2 rings (SSSR count). The summed E-state index contributed by atoms with van der Waals surface area (Å²) in [5.74, 6) is -1.08. The van der Waals surface area contributed by atoms with E-state index in [9.17, 15) is 9.00 Å². The first kappa shape index (κ1) is 13.6. The second kappa shape index (κ2) is 5.85. The molecule has 0 aliphatic heterocycles. The summed E-state index contributed by atoms with van der Waals surface area (Å²) in [7, 11) is -1.13. The van der Waals surface area contributed by atoms with Crippen LogP contribution in [0.3, 0.4) is 0 Å². The number of rotatable bonds is 3. The van der Waals surface area contributed by atoms with Gasteiger partial charge in [0.25, 0.3) is 0 Å². The third-order valence-corrected chi connectivity index (χ3v) is 5.38. The summed E-state index contributed by atoms with van der Waals surface area (Å²) in [5.41, 5.74) is 0.0262. The highest BCUT2D eigenvalue weighted by Crippen LogP contribution is 2.27. The Bertz CT molecular complexity index is 481. The second-order valence-electron chi connectivity index (χ2n) is 4.50. The first-order valence-electron chi connectivity index (χ1n) is 6.03. The van der Waals surface area contributed by atoms with Crippen LogP contribution in [0, 0.1) is 0 Å². The lowest BCUT2D eigenvalue weighted by atomic mass is 10.0. The molecular formula is C13H15ClO3S. The van der Waals surface area contributed by atoms with Gasteiger partial charge in [-0.1, -0.05) is 30.9 Å². The largest absolute Gasteiger partial charge is 0.478 e. The summed E-state index contributed by atoms with van der Waals surface area (Å²) in [6.07, 6.45) is 5.33. The van der Waals surface area contributed by atoms with E-state index in [1.165, 1.54) is 18.6 Å². The van der Waals surface area contributed by atoms with Crippen LogP contribution in [0.5, 0.6) is 0 Å². The van der Waals surface area contributed by atoms with Crippen molar-refractivity contribution in [2.75, 3.05) is 0 Å². The fourth-order valence-corrected chi connectivity index (χ4v) is 4.05. The second-order valence-corrected chi connectivity index (χ2v) is 6.64. The third-order valence-electron chi connectivity index (χ3n) is 3.26. The summed E-state index contributed by atoms with van der Waals surface area (Å²) < 4.78 is 12.4. The van der Waals surface area contributed by atoms with Crippen LogP contribution in [0.2, 0.25) is 5.02 Å². The number of aromatic carboxylic acids is 1. The smallest absolute Gasteiger partial charge is 0.337 e. The molecule has 1 aromatic carbocycles. The van der Waals surface area contributed by atoms with Crippen molar-refractivity contribution >= 4 is 28.4 Å². The predicted octanol–water partition coefficient (Wildman–Crippen LogP) is 3.48. The average Bonchev–Trinajstić information content (AvgIpc) is 2.39. The standard InChI is InChI=1S/C13H15ClO3S/c14-12-7-6-10(8-11(12)13(15)16)18(17)9-4-2-1-3-5-9/h6-9H,1-5H2,(H,15,16). The van der Waals surface area contributed by atoms with Crippen LogP contribution in [-0.2, 0) is 10.8 Å². The molecule has 1 aliphatic carbocycles. The van der Waals surface area contributed by atoms with Crippen molar-refractivity contribution in [3.05, 3.63) is 28.8 Å². The number of carbonyl (C=O) groups is 1. The summed E-state index contributed by atoms with van der Waals surface area (Å²) in [6.45, 7) is 0. The highest BCUT2D eigenvalue weighted by Gasteiger charge is 2.22. The summed E-state index contributed by atoms with van der Waals surface area (Å²) in [6, 6.07) is 4.62. The van der Waals surface area contributed by atoms with Crippen molar-refractivity contribution in [2.45, 2.75) is 42.2 Å². The normalized spacial score (nSPS) is 18.5. The van der Waals surface area contributed by atoms with E-state index in [1.807, 2.05) is 0 Å². The molecule has 0 spiro atoms. The number of carboxylic acid groups (broad SMARTS) is 1. The minimum Gasteiger partial charge on any atom is -0.478 e. The van der Waals surface area contributed by atoms with Crippen LogP contribution >= 0.6 is 11.6 Å². The molecule has 0 bridgehead atoms. The van der Waals surface area contributed by atoms with Gasteiger partial charge in [0.05, 0.1) is 21.4 Å². The molecule has 1 unspecified atom stereocenters. The lowest BCUT2D eigenvalue weighted by Crippen LogP contribution is -2.19. The van der Waals surface area contributed by atoms with Gasteiger partial charge in [0.1, 0.15) is 0 Å². The highest BCUT2D eigenvalue weighted by atomic mass is 35.5. The molecule has 18 heavy (non-hydrogen) atoms. The van der Waals surface area contributed by atoms with Crippen LogP contribution in [0.15, 0.2) is 23.1 Å². The minimum absolute atomic E-state index is 0.0262. The SMILES string of the molecule is O=C(O)c1cc(S(=O)C2CCCCC2)ccc1Cl. The quantitative estimate of drug-likeness (QED) is 0.925. The van der Waals surface area contributed by atoms with Gasteiger partial charge in [-0.25, -0.2) is 4.79 Å². The van der Waals surface area contributed by atoms with E-state index in [0.717, 1.165) is 25.7 Å². The molecule has 1 atom stereocenters. The molecule has 98 valence electrons. The maximum atomic E-state index is 12.4. The van der Waals surface area contributed by atoms with E-state index < -0.39 is 16.8 Å². The molecule has 1 aliphatic rings. The molecule has 0 heterocycles. The van der Waals surface area contributed by atoms with Gasteiger partial charge >= 0.3 is 5.97 Å². The highest BCUT2D eigenvalue weighted by molar-refractivity contribution is 7.85. The van der Waals surface area contributed by atoms with E-state index in [0.29, 0.717) is 4.90 Å². The van der Waals surface area contributed by atoms with Gasteiger partial charge in [0, 0.05) is 10.1 Å². The summed E-state index contributed by atoms with van der Waals surface area (Å²) in [4.78, 5) is 11.6. The van der Waals surface area contributed by atoms with E-state index in [-0.39, 0.29) is 15.8 Å². The molecule has 1 N–H and O–H groups in total. The van der Waals surface area contributed by atoms with Gasteiger partial charge in [0.15, 0.2) is 0 Å². The van der Waals surface area contributed by atoms with E-state index >= 15 is 0 Å². The van der Waals surface area contributed by atoms with Gasteiger partial charge < -0.3 is 5.11 Å². The third kappa shape index (κ3) is 2.93. The van der Waals surface area contributed by atoms with Crippen molar-refractivity contribution in [2.24, 2.45) is 0 Å². The molecule has 0 radical (unpaired) electrons. The Hall–Kier alpha value is -0.870. The molecule has 0 amide bonds. The Morgan fingerprint density at radius 2 is 1.94 bits per heavy atom. The molecule has 0 aromatic heterocycles. The van der Waals surface area contributed by atoms with Crippen LogP contribution in [0.4, 0.5) is 0 Å². The Morgan fingerprint density at radius 1 is 1.28 bits per heavy atom. The predicted molar refractivity (Wildman–Crippen MR) is 71.7 cm³/mol. The zero-order valence-electron chi connectivity index (χ0n) is 9.89. The molecule has 5 heteroatoms. The topological polar surface area (TPSA) is 54.4 Å². The monoisotopic (exact) mass is 286 g/mol. The van der Waals surface area contributed by atoms with Crippen molar-refractivity contribution in [1.82, 2.24) is 0 Å². The number of carboxylic acids is 1. The number of halogens is 1. The van der Waals surface area contributed by atoms with Crippen LogP contribution < -0.4 is 0 Å². The fraction of sp³-hybridized carbons (Fsp3) is 0.462. The summed E-state index contributed by atoms with van der Waals surface area (Å²) >= 11 is 5.80. The lowest BCUT2D eigenvalue weighted by Gasteiger charge is -2.21. The zero-order valence-corrected chi connectivity index (χ0v) is 11.5.